The van der Waals surface area contributed by atoms with Crippen LogP contribution in [0.3, 0.4) is 0 Å². The molecular weight excluding hydrogens is 401 g/mol. The summed E-state index contributed by atoms with van der Waals surface area (Å²) in [6.45, 7) is 2.26. The van der Waals surface area contributed by atoms with Crippen molar-refractivity contribution in [3.63, 3.8) is 0 Å². The van der Waals surface area contributed by atoms with Crippen LogP contribution in [0.25, 0.3) is 5.69 Å². The van der Waals surface area contributed by atoms with Gasteiger partial charge in [0.15, 0.2) is 17.3 Å². The Morgan fingerprint density at radius 3 is 2.55 bits per heavy atom. The van der Waals surface area contributed by atoms with Gasteiger partial charge in [-0.1, -0.05) is 17.3 Å². The summed E-state index contributed by atoms with van der Waals surface area (Å²) in [5.74, 6) is -0.966. The molecule has 0 unspecified atom stereocenters. The monoisotopic (exact) mass is 423 g/mol. The minimum Gasteiger partial charge on any atom is -0.484 e. The first kappa shape index (κ1) is 20.5. The van der Waals surface area contributed by atoms with Crippen molar-refractivity contribution in [3.05, 3.63) is 71.3 Å². The molecule has 9 heteroatoms. The molecule has 0 spiro atoms. The number of hydrogen-bond donors (Lipinski definition) is 2. The van der Waals surface area contributed by atoms with E-state index >= 15 is 0 Å². The highest BCUT2D eigenvalue weighted by Gasteiger charge is 2.28. The number of carbonyl (C=O) groups excluding carboxylic acids is 2. The number of hydrogen-bond acceptors (Lipinski definition) is 5. The van der Waals surface area contributed by atoms with Crippen molar-refractivity contribution in [2.24, 2.45) is 0 Å². The van der Waals surface area contributed by atoms with E-state index in [0.717, 1.165) is 12.8 Å². The fraction of sp³-hybridized carbons (Fsp3) is 0.273. The van der Waals surface area contributed by atoms with E-state index in [1.807, 2.05) is 6.92 Å². The largest absolute Gasteiger partial charge is 0.484 e. The van der Waals surface area contributed by atoms with Crippen molar-refractivity contribution < 1.29 is 18.7 Å². The van der Waals surface area contributed by atoms with Crippen LogP contribution < -0.4 is 15.4 Å². The Bertz CT molecular complexity index is 1090. The van der Waals surface area contributed by atoms with Gasteiger partial charge in [-0.05, 0) is 56.2 Å². The summed E-state index contributed by atoms with van der Waals surface area (Å²) >= 11 is 0. The molecule has 0 bridgehead atoms. The first-order valence-electron chi connectivity index (χ1n) is 10.1. The SMILES string of the molecule is CCNC(=O)c1ccc(-n2nnc(C(=O)NC3CC3)c2COc2ccccc2F)cc1. The van der Waals surface area contributed by atoms with Gasteiger partial charge in [0.25, 0.3) is 11.8 Å². The molecule has 0 radical (unpaired) electrons. The van der Waals surface area contributed by atoms with Crippen molar-refractivity contribution in [1.29, 1.82) is 0 Å². The number of carbonyl (C=O) groups is 2. The minimum absolute atomic E-state index is 0.0652. The molecule has 0 atom stereocenters. The fourth-order valence-corrected chi connectivity index (χ4v) is 3.02. The Morgan fingerprint density at radius 1 is 1.13 bits per heavy atom. The highest BCUT2D eigenvalue weighted by atomic mass is 19.1. The molecule has 0 saturated heterocycles. The maximum absolute atomic E-state index is 14.0. The predicted molar refractivity (Wildman–Crippen MR) is 111 cm³/mol. The molecule has 3 aromatic rings. The van der Waals surface area contributed by atoms with Gasteiger partial charge in [0, 0.05) is 18.2 Å². The molecule has 1 fully saturated rings. The number of nitrogens with one attached hydrogen (secondary N) is 2. The number of amides is 2. The van der Waals surface area contributed by atoms with Crippen LogP contribution in [0.1, 0.15) is 46.3 Å². The summed E-state index contributed by atoms with van der Waals surface area (Å²) in [6, 6.07) is 12.9. The van der Waals surface area contributed by atoms with E-state index in [4.69, 9.17) is 4.74 Å². The van der Waals surface area contributed by atoms with Crippen molar-refractivity contribution in [3.8, 4) is 11.4 Å². The van der Waals surface area contributed by atoms with Crippen molar-refractivity contribution in [2.45, 2.75) is 32.4 Å². The minimum atomic E-state index is -0.503. The maximum atomic E-state index is 14.0. The Kier molecular flexibility index (Phi) is 5.92. The molecule has 1 saturated carbocycles. The van der Waals surface area contributed by atoms with Gasteiger partial charge in [-0.25, -0.2) is 9.07 Å². The quantitative estimate of drug-likeness (QED) is 0.580. The standard InChI is InChI=1S/C22H22FN5O3/c1-2-24-21(29)14-7-11-16(12-8-14)28-18(13-31-19-6-4-3-5-17(19)23)20(26-27-28)22(30)25-15-9-10-15/h3-8,11-12,15H,2,9-10,13H2,1H3,(H,24,29)(H,25,30). The van der Waals surface area contributed by atoms with Gasteiger partial charge < -0.3 is 15.4 Å². The molecule has 2 N–H and O–H groups in total. The molecule has 31 heavy (non-hydrogen) atoms. The zero-order valence-corrected chi connectivity index (χ0v) is 17.0. The van der Waals surface area contributed by atoms with E-state index in [1.165, 1.54) is 16.8 Å². The van der Waals surface area contributed by atoms with Gasteiger partial charge in [0.05, 0.1) is 5.69 Å². The topological polar surface area (TPSA) is 98.1 Å². The Hall–Kier alpha value is -3.75. The van der Waals surface area contributed by atoms with Crippen LogP contribution in [0.4, 0.5) is 4.39 Å². The normalized spacial score (nSPS) is 13.0. The van der Waals surface area contributed by atoms with Crippen LogP contribution in [0, 0.1) is 5.82 Å². The fourth-order valence-electron chi connectivity index (χ4n) is 3.02. The molecule has 4 rings (SSSR count). The smallest absolute Gasteiger partial charge is 0.274 e. The third-order valence-electron chi connectivity index (χ3n) is 4.80. The number of nitrogens with zero attached hydrogens (tertiary/aromatic N) is 3. The Balaban J connectivity index is 1.63. The number of aromatic nitrogens is 3. The third kappa shape index (κ3) is 4.71. The van der Waals surface area contributed by atoms with Gasteiger partial charge in [-0.3, -0.25) is 9.59 Å². The summed E-state index contributed by atoms with van der Waals surface area (Å²) in [5, 5.41) is 13.8. The summed E-state index contributed by atoms with van der Waals surface area (Å²) in [7, 11) is 0. The molecule has 1 heterocycles. The van der Waals surface area contributed by atoms with Crippen LogP contribution >= 0.6 is 0 Å². The zero-order chi connectivity index (χ0) is 21.8. The average molecular weight is 423 g/mol. The van der Waals surface area contributed by atoms with Crippen LogP contribution in [0.5, 0.6) is 5.75 Å². The molecule has 2 amide bonds. The summed E-state index contributed by atoms with van der Waals surface area (Å²) < 4.78 is 21.1. The Labute approximate surface area is 178 Å². The van der Waals surface area contributed by atoms with Crippen molar-refractivity contribution >= 4 is 11.8 Å². The van der Waals surface area contributed by atoms with Gasteiger partial charge in [-0.2, -0.15) is 0 Å². The summed E-state index contributed by atoms with van der Waals surface area (Å²) in [5.41, 5.74) is 1.60. The van der Waals surface area contributed by atoms with E-state index in [9.17, 15) is 14.0 Å². The molecular formula is C22H22FN5O3. The second-order valence-electron chi connectivity index (χ2n) is 7.17. The second-order valence-corrected chi connectivity index (χ2v) is 7.17. The van der Waals surface area contributed by atoms with E-state index in [1.54, 1.807) is 36.4 Å². The molecule has 160 valence electrons. The van der Waals surface area contributed by atoms with E-state index < -0.39 is 5.82 Å². The molecule has 0 aliphatic heterocycles. The lowest BCUT2D eigenvalue weighted by Gasteiger charge is -2.11. The highest BCUT2D eigenvalue weighted by molar-refractivity contribution is 5.94. The lowest BCUT2D eigenvalue weighted by Crippen LogP contribution is -2.27. The molecule has 1 aliphatic rings. The number of ether oxygens (including phenoxy) is 1. The molecule has 8 nitrogen and oxygen atoms in total. The summed E-state index contributed by atoms with van der Waals surface area (Å²) in [6.07, 6.45) is 1.87. The van der Waals surface area contributed by atoms with Gasteiger partial charge in [0.1, 0.15) is 12.3 Å². The van der Waals surface area contributed by atoms with Crippen LogP contribution in [0.2, 0.25) is 0 Å². The van der Waals surface area contributed by atoms with E-state index in [0.29, 0.717) is 23.5 Å². The second kappa shape index (κ2) is 8.95. The molecule has 1 aliphatic carbocycles. The van der Waals surface area contributed by atoms with Gasteiger partial charge >= 0.3 is 0 Å². The first-order chi connectivity index (χ1) is 15.1. The summed E-state index contributed by atoms with van der Waals surface area (Å²) in [4.78, 5) is 24.6. The number of para-hydroxylation sites is 1. The lowest BCUT2D eigenvalue weighted by atomic mass is 10.2. The van der Waals surface area contributed by atoms with E-state index in [2.05, 4.69) is 20.9 Å². The van der Waals surface area contributed by atoms with Gasteiger partial charge in [-0.15, -0.1) is 5.10 Å². The number of benzene rings is 2. The van der Waals surface area contributed by atoms with Crippen LogP contribution in [-0.4, -0.2) is 39.4 Å². The number of halogens is 1. The lowest BCUT2D eigenvalue weighted by molar-refractivity contribution is 0.0939. The first-order valence-corrected chi connectivity index (χ1v) is 10.1. The zero-order valence-electron chi connectivity index (χ0n) is 17.0. The van der Waals surface area contributed by atoms with Crippen LogP contribution in [-0.2, 0) is 6.61 Å². The van der Waals surface area contributed by atoms with Crippen LogP contribution in [0.15, 0.2) is 48.5 Å². The Morgan fingerprint density at radius 2 is 1.87 bits per heavy atom. The number of rotatable bonds is 8. The maximum Gasteiger partial charge on any atom is 0.274 e. The highest BCUT2D eigenvalue weighted by Crippen LogP contribution is 2.22. The van der Waals surface area contributed by atoms with Crippen molar-refractivity contribution in [1.82, 2.24) is 25.6 Å². The predicted octanol–water partition coefficient (Wildman–Crippen LogP) is 2.63. The molecule has 2 aromatic carbocycles. The average Bonchev–Trinajstić information content (AvgIpc) is 3.49. The van der Waals surface area contributed by atoms with Crippen molar-refractivity contribution in [2.75, 3.05) is 6.54 Å². The van der Waals surface area contributed by atoms with Gasteiger partial charge in [0.2, 0.25) is 0 Å². The third-order valence-corrected chi connectivity index (χ3v) is 4.80. The van der Waals surface area contributed by atoms with E-state index in [-0.39, 0.29) is 35.9 Å². The molecule has 1 aromatic heterocycles.